The van der Waals surface area contributed by atoms with E-state index in [0.29, 0.717) is 20.8 Å². The molecule has 2 rings (SSSR count). The van der Waals surface area contributed by atoms with Gasteiger partial charge >= 0.3 is 0 Å². The van der Waals surface area contributed by atoms with Gasteiger partial charge in [0.25, 0.3) is 0 Å². The van der Waals surface area contributed by atoms with Crippen LogP contribution in [0, 0.1) is 12.7 Å². The maximum absolute atomic E-state index is 13.6. The van der Waals surface area contributed by atoms with Gasteiger partial charge < -0.3 is 4.74 Å². The summed E-state index contributed by atoms with van der Waals surface area (Å²) in [5.41, 5.74) is 1.48. The van der Waals surface area contributed by atoms with Crippen molar-refractivity contribution in [1.82, 2.24) is 0 Å². The maximum Gasteiger partial charge on any atom is 0.130 e. The average molecular weight is 330 g/mol. The van der Waals surface area contributed by atoms with Crippen LogP contribution in [0.2, 0.25) is 5.02 Å². The lowest BCUT2D eigenvalue weighted by Gasteiger charge is -2.10. The summed E-state index contributed by atoms with van der Waals surface area (Å²) in [4.78, 5) is 0. The van der Waals surface area contributed by atoms with Crippen LogP contribution in [0.15, 0.2) is 40.9 Å². The molecule has 1 nitrogen and oxygen atoms in total. The Bertz CT molecular complexity index is 572. The second-order valence-electron chi connectivity index (χ2n) is 3.93. The van der Waals surface area contributed by atoms with Crippen LogP contribution in [-0.2, 0) is 6.61 Å². The zero-order chi connectivity index (χ0) is 13.1. The highest BCUT2D eigenvalue weighted by Gasteiger charge is 2.05. The van der Waals surface area contributed by atoms with E-state index >= 15 is 0 Å². The highest BCUT2D eigenvalue weighted by atomic mass is 79.9. The molecule has 0 unspecified atom stereocenters. The predicted octanol–water partition coefficient (Wildman–Crippen LogP) is 5.13. The molecule has 0 heterocycles. The number of benzene rings is 2. The smallest absolute Gasteiger partial charge is 0.130 e. The molecule has 0 aromatic heterocycles. The van der Waals surface area contributed by atoms with Gasteiger partial charge in [-0.3, -0.25) is 0 Å². The van der Waals surface area contributed by atoms with Crippen molar-refractivity contribution < 1.29 is 9.13 Å². The van der Waals surface area contributed by atoms with E-state index in [9.17, 15) is 4.39 Å². The van der Waals surface area contributed by atoms with Gasteiger partial charge in [0.15, 0.2) is 0 Å². The first-order valence-electron chi connectivity index (χ1n) is 5.39. The van der Waals surface area contributed by atoms with Crippen molar-refractivity contribution in [3.05, 3.63) is 62.8 Å². The molecule has 2 aromatic carbocycles. The summed E-state index contributed by atoms with van der Waals surface area (Å²) in [5, 5.41) is 0.604. The molecule has 18 heavy (non-hydrogen) atoms. The van der Waals surface area contributed by atoms with Gasteiger partial charge in [0.1, 0.15) is 18.2 Å². The fourth-order valence-electron chi connectivity index (χ4n) is 1.52. The maximum atomic E-state index is 13.6. The normalized spacial score (nSPS) is 10.4. The van der Waals surface area contributed by atoms with E-state index in [0.717, 1.165) is 5.56 Å². The fraction of sp³-hybridized carbons (Fsp3) is 0.143. The first-order valence-corrected chi connectivity index (χ1v) is 6.56. The number of halogens is 3. The van der Waals surface area contributed by atoms with E-state index in [1.165, 1.54) is 6.07 Å². The van der Waals surface area contributed by atoms with E-state index in [1.54, 1.807) is 24.3 Å². The Morgan fingerprint density at radius 3 is 2.72 bits per heavy atom. The Balaban J connectivity index is 2.13. The first-order chi connectivity index (χ1) is 8.56. The topological polar surface area (TPSA) is 9.23 Å². The van der Waals surface area contributed by atoms with Gasteiger partial charge in [-0.05, 0) is 36.8 Å². The molecule has 2 aromatic rings. The van der Waals surface area contributed by atoms with Crippen molar-refractivity contribution in [3.8, 4) is 5.75 Å². The molecule has 4 heteroatoms. The molecule has 0 saturated carbocycles. The molecular weight excluding hydrogens is 319 g/mol. The van der Waals surface area contributed by atoms with Crippen LogP contribution in [0.5, 0.6) is 5.75 Å². The predicted molar refractivity (Wildman–Crippen MR) is 74.6 cm³/mol. The summed E-state index contributed by atoms with van der Waals surface area (Å²) in [6.07, 6.45) is 0. The summed E-state index contributed by atoms with van der Waals surface area (Å²) in [6, 6.07) is 10.3. The Morgan fingerprint density at radius 2 is 2.00 bits per heavy atom. The average Bonchev–Trinajstić information content (AvgIpc) is 2.32. The lowest BCUT2D eigenvalue weighted by molar-refractivity contribution is 0.298. The number of hydrogen-bond acceptors (Lipinski definition) is 1. The number of aryl methyl sites for hydroxylation is 1. The zero-order valence-electron chi connectivity index (χ0n) is 9.71. The molecule has 0 fully saturated rings. The summed E-state index contributed by atoms with van der Waals surface area (Å²) in [7, 11) is 0. The lowest BCUT2D eigenvalue weighted by Crippen LogP contribution is -1.99. The van der Waals surface area contributed by atoms with Crippen LogP contribution in [0.4, 0.5) is 4.39 Å². The van der Waals surface area contributed by atoms with Gasteiger partial charge in [0, 0.05) is 15.1 Å². The molecule has 0 radical (unpaired) electrons. The second kappa shape index (κ2) is 5.72. The van der Waals surface area contributed by atoms with Crippen molar-refractivity contribution in [2.45, 2.75) is 13.5 Å². The van der Waals surface area contributed by atoms with Crippen molar-refractivity contribution in [1.29, 1.82) is 0 Å². The number of hydrogen-bond donors (Lipinski definition) is 0. The van der Waals surface area contributed by atoms with Gasteiger partial charge in [-0.2, -0.15) is 0 Å². The van der Waals surface area contributed by atoms with Gasteiger partial charge in [-0.15, -0.1) is 0 Å². The molecule has 0 aliphatic heterocycles. The molecule has 94 valence electrons. The SMILES string of the molecule is Cc1ccc(Cl)cc1OCc1ccc(Br)cc1F. The summed E-state index contributed by atoms with van der Waals surface area (Å²) >= 11 is 9.11. The van der Waals surface area contributed by atoms with Crippen LogP contribution >= 0.6 is 27.5 Å². The van der Waals surface area contributed by atoms with E-state index in [4.69, 9.17) is 16.3 Å². The minimum absolute atomic E-state index is 0.181. The van der Waals surface area contributed by atoms with Gasteiger partial charge in [-0.25, -0.2) is 4.39 Å². The van der Waals surface area contributed by atoms with E-state index in [-0.39, 0.29) is 12.4 Å². The minimum Gasteiger partial charge on any atom is -0.488 e. The van der Waals surface area contributed by atoms with Crippen LogP contribution in [-0.4, -0.2) is 0 Å². The van der Waals surface area contributed by atoms with Crippen molar-refractivity contribution in [2.24, 2.45) is 0 Å². The summed E-state index contributed by atoms with van der Waals surface area (Å²) < 4.78 is 19.9. The third-order valence-electron chi connectivity index (χ3n) is 2.55. The van der Waals surface area contributed by atoms with Crippen LogP contribution in [0.1, 0.15) is 11.1 Å². The fourth-order valence-corrected chi connectivity index (χ4v) is 2.02. The lowest BCUT2D eigenvalue weighted by atomic mass is 10.2. The molecule has 0 amide bonds. The van der Waals surface area contributed by atoms with Crippen molar-refractivity contribution in [2.75, 3.05) is 0 Å². The minimum atomic E-state index is -0.288. The Morgan fingerprint density at radius 1 is 1.22 bits per heavy atom. The summed E-state index contributed by atoms with van der Waals surface area (Å²) in [6.45, 7) is 2.10. The van der Waals surface area contributed by atoms with Crippen molar-refractivity contribution in [3.63, 3.8) is 0 Å². The second-order valence-corrected chi connectivity index (χ2v) is 5.29. The number of ether oxygens (including phenoxy) is 1. The molecule has 0 aliphatic rings. The standard InChI is InChI=1S/C14H11BrClFO/c1-9-2-5-12(16)7-14(9)18-8-10-3-4-11(15)6-13(10)17/h2-7H,8H2,1H3. The van der Waals surface area contributed by atoms with Crippen LogP contribution < -0.4 is 4.74 Å². The molecule has 0 saturated heterocycles. The van der Waals surface area contributed by atoms with Gasteiger partial charge in [-0.1, -0.05) is 39.7 Å². The molecule has 0 aliphatic carbocycles. The van der Waals surface area contributed by atoms with Crippen molar-refractivity contribution >= 4 is 27.5 Å². The molecular formula is C14H11BrClFO. The Kier molecular flexibility index (Phi) is 4.25. The van der Waals surface area contributed by atoms with E-state index < -0.39 is 0 Å². The highest BCUT2D eigenvalue weighted by Crippen LogP contribution is 2.24. The molecule has 0 N–H and O–H groups in total. The third kappa shape index (κ3) is 3.24. The highest BCUT2D eigenvalue weighted by molar-refractivity contribution is 9.10. The molecule has 0 spiro atoms. The van der Waals surface area contributed by atoms with E-state index in [1.807, 2.05) is 13.0 Å². The number of rotatable bonds is 3. The Hall–Kier alpha value is -1.06. The Labute approximate surface area is 119 Å². The first kappa shape index (κ1) is 13.4. The van der Waals surface area contributed by atoms with E-state index in [2.05, 4.69) is 15.9 Å². The quantitative estimate of drug-likeness (QED) is 0.758. The monoisotopic (exact) mass is 328 g/mol. The largest absolute Gasteiger partial charge is 0.488 e. The summed E-state index contributed by atoms with van der Waals surface area (Å²) in [5.74, 6) is 0.383. The third-order valence-corrected chi connectivity index (χ3v) is 3.28. The van der Waals surface area contributed by atoms with Crippen LogP contribution in [0.3, 0.4) is 0 Å². The van der Waals surface area contributed by atoms with Crippen LogP contribution in [0.25, 0.3) is 0 Å². The molecule has 0 bridgehead atoms. The molecule has 0 atom stereocenters. The van der Waals surface area contributed by atoms with Gasteiger partial charge in [0.2, 0.25) is 0 Å². The van der Waals surface area contributed by atoms with Gasteiger partial charge in [0.05, 0.1) is 0 Å². The zero-order valence-corrected chi connectivity index (χ0v) is 12.1.